The fourth-order valence-electron chi connectivity index (χ4n) is 5.97. The van der Waals surface area contributed by atoms with E-state index < -0.39 is 0 Å². The van der Waals surface area contributed by atoms with E-state index >= 15 is 0 Å². The topological polar surface area (TPSA) is 81.7 Å². The second-order valence-electron chi connectivity index (χ2n) is 9.70. The Hall–Kier alpha value is -2.90. The van der Waals surface area contributed by atoms with Crippen molar-refractivity contribution in [3.63, 3.8) is 0 Å². The van der Waals surface area contributed by atoms with Crippen LogP contribution in [-0.4, -0.2) is 64.1 Å². The van der Waals surface area contributed by atoms with Crippen LogP contribution in [0, 0.1) is 0 Å². The number of pyridine rings is 1. The number of carbonyl (C=O) groups is 1. The summed E-state index contributed by atoms with van der Waals surface area (Å²) in [5, 5.41) is 11.7. The number of benzene rings is 1. The van der Waals surface area contributed by atoms with E-state index in [1.165, 1.54) is 10.9 Å². The molecular weight excluding hydrogens is 428 g/mol. The summed E-state index contributed by atoms with van der Waals surface area (Å²) in [6.07, 6.45) is 7.01. The summed E-state index contributed by atoms with van der Waals surface area (Å²) in [7, 11) is 1.68. The molecule has 7 heteroatoms. The van der Waals surface area contributed by atoms with Gasteiger partial charge in [-0.2, -0.15) is 0 Å². The van der Waals surface area contributed by atoms with Crippen LogP contribution in [0.5, 0.6) is 5.75 Å². The highest BCUT2D eigenvalue weighted by atomic mass is 16.5. The van der Waals surface area contributed by atoms with E-state index in [0.717, 1.165) is 68.0 Å². The van der Waals surface area contributed by atoms with Gasteiger partial charge in [-0.25, -0.2) is 0 Å². The van der Waals surface area contributed by atoms with Gasteiger partial charge >= 0.3 is 0 Å². The Kier molecular flexibility index (Phi) is 6.32. The number of ether oxygens (including phenoxy) is 1. The number of aromatic nitrogens is 2. The molecule has 180 valence electrons. The molecule has 2 aromatic heterocycles. The number of fused-ring (bicyclic) bond motifs is 4. The number of aliphatic hydroxyl groups excluding tert-OH is 1. The molecule has 0 bridgehead atoms. The first kappa shape index (κ1) is 22.9. The zero-order valence-corrected chi connectivity index (χ0v) is 20.1. The minimum Gasteiger partial charge on any atom is -0.497 e. The molecular formula is C27H34N4O3. The van der Waals surface area contributed by atoms with Crippen LogP contribution >= 0.6 is 0 Å². The number of methoxy groups -OCH3 is 1. The standard InChI is InChI=1S/C27H34N4O3/c1-3-5-24(33)30-12-9-27(10-13-30)18-31(16-19-6-4-11-28-15-19)23(17-32)26-25(27)21-8-7-20(34-2)14-22(21)29-26/h4,6-8,11,14-15,23,29,32H,3,5,9-10,12-13,16-18H2,1-2H3/t23-/m1/s1. The summed E-state index contributed by atoms with van der Waals surface area (Å²) < 4.78 is 5.48. The molecule has 4 heterocycles. The van der Waals surface area contributed by atoms with Gasteiger partial charge < -0.3 is 19.7 Å². The van der Waals surface area contributed by atoms with E-state index in [-0.39, 0.29) is 24.0 Å². The number of H-pyrrole nitrogens is 1. The summed E-state index contributed by atoms with van der Waals surface area (Å²) in [4.78, 5) is 25.0. The number of rotatable bonds is 6. The minimum absolute atomic E-state index is 0.0361. The molecule has 2 aliphatic rings. The molecule has 0 saturated carbocycles. The highest BCUT2D eigenvalue weighted by Gasteiger charge is 2.47. The Bertz CT molecular complexity index is 1150. The first-order valence-corrected chi connectivity index (χ1v) is 12.3. The van der Waals surface area contributed by atoms with E-state index in [9.17, 15) is 9.90 Å². The van der Waals surface area contributed by atoms with Gasteiger partial charge in [0, 0.05) is 73.1 Å². The number of nitrogens with zero attached hydrogens (tertiary/aromatic N) is 3. The van der Waals surface area contributed by atoms with Gasteiger partial charge in [0.25, 0.3) is 0 Å². The van der Waals surface area contributed by atoms with Gasteiger partial charge in [-0.1, -0.05) is 13.0 Å². The molecule has 5 rings (SSSR count). The first-order chi connectivity index (χ1) is 16.6. The van der Waals surface area contributed by atoms with Crippen molar-refractivity contribution in [1.82, 2.24) is 19.8 Å². The molecule has 1 spiro atoms. The van der Waals surface area contributed by atoms with Crippen molar-refractivity contribution >= 4 is 16.8 Å². The van der Waals surface area contributed by atoms with Crippen LogP contribution in [0.3, 0.4) is 0 Å². The van der Waals surface area contributed by atoms with Gasteiger partial charge in [0.15, 0.2) is 0 Å². The Balaban J connectivity index is 1.57. The van der Waals surface area contributed by atoms with Gasteiger partial charge in [0.1, 0.15) is 5.75 Å². The molecule has 1 fully saturated rings. The van der Waals surface area contributed by atoms with E-state index in [1.807, 2.05) is 29.3 Å². The fraction of sp³-hybridized carbons (Fsp3) is 0.481. The third kappa shape index (κ3) is 3.97. The minimum atomic E-state index is -0.126. The summed E-state index contributed by atoms with van der Waals surface area (Å²) in [5.41, 5.74) is 4.49. The highest BCUT2D eigenvalue weighted by molar-refractivity contribution is 5.88. The van der Waals surface area contributed by atoms with E-state index in [0.29, 0.717) is 6.42 Å². The van der Waals surface area contributed by atoms with Crippen molar-refractivity contribution in [2.24, 2.45) is 0 Å². The van der Waals surface area contributed by atoms with Gasteiger partial charge in [-0.15, -0.1) is 0 Å². The normalized spacial score (nSPS) is 20.0. The third-order valence-corrected chi connectivity index (χ3v) is 7.66. The SMILES string of the molecule is CCCC(=O)N1CCC2(CC1)CN(Cc1cccnc1)[C@H](CO)c1[nH]c3cc(OC)ccc3c12. The second kappa shape index (κ2) is 9.39. The predicted molar refractivity (Wildman–Crippen MR) is 132 cm³/mol. The Morgan fingerprint density at radius 1 is 1.29 bits per heavy atom. The Labute approximate surface area is 200 Å². The number of amides is 1. The van der Waals surface area contributed by atoms with Crippen LogP contribution in [0.15, 0.2) is 42.7 Å². The number of piperidine rings is 1. The maximum absolute atomic E-state index is 12.6. The van der Waals surface area contributed by atoms with Crippen LogP contribution < -0.4 is 4.74 Å². The average Bonchev–Trinajstić information content (AvgIpc) is 3.25. The highest BCUT2D eigenvalue weighted by Crippen LogP contribution is 2.49. The Morgan fingerprint density at radius 3 is 2.79 bits per heavy atom. The molecule has 0 unspecified atom stereocenters. The van der Waals surface area contributed by atoms with Gasteiger partial charge in [0.2, 0.25) is 5.91 Å². The van der Waals surface area contributed by atoms with Gasteiger partial charge in [-0.3, -0.25) is 14.7 Å². The van der Waals surface area contributed by atoms with E-state index in [2.05, 4.69) is 33.9 Å². The smallest absolute Gasteiger partial charge is 0.222 e. The number of likely N-dealkylation sites (tertiary alicyclic amines) is 1. The monoisotopic (exact) mass is 462 g/mol. The second-order valence-corrected chi connectivity index (χ2v) is 9.70. The lowest BCUT2D eigenvalue weighted by atomic mass is 9.68. The predicted octanol–water partition coefficient (Wildman–Crippen LogP) is 3.78. The molecule has 1 atom stereocenters. The molecule has 0 radical (unpaired) electrons. The largest absolute Gasteiger partial charge is 0.497 e. The quantitative estimate of drug-likeness (QED) is 0.583. The lowest BCUT2D eigenvalue weighted by molar-refractivity contribution is -0.133. The molecule has 1 aromatic carbocycles. The van der Waals surface area contributed by atoms with Crippen molar-refractivity contribution in [1.29, 1.82) is 0 Å². The number of hydrogen-bond acceptors (Lipinski definition) is 5. The molecule has 1 saturated heterocycles. The van der Waals surface area contributed by atoms with Crippen LogP contribution in [0.2, 0.25) is 0 Å². The first-order valence-electron chi connectivity index (χ1n) is 12.3. The van der Waals surface area contributed by atoms with Crippen LogP contribution in [0.25, 0.3) is 10.9 Å². The Morgan fingerprint density at radius 2 is 2.12 bits per heavy atom. The van der Waals surface area contributed by atoms with Crippen LogP contribution in [0.1, 0.15) is 55.5 Å². The summed E-state index contributed by atoms with van der Waals surface area (Å²) in [6, 6.07) is 10.1. The van der Waals surface area contributed by atoms with Crippen molar-refractivity contribution in [2.75, 3.05) is 33.4 Å². The molecule has 7 nitrogen and oxygen atoms in total. The number of carbonyl (C=O) groups excluding carboxylic acids is 1. The lowest BCUT2D eigenvalue weighted by Gasteiger charge is -2.50. The van der Waals surface area contributed by atoms with Crippen molar-refractivity contribution in [3.05, 3.63) is 59.5 Å². The molecule has 34 heavy (non-hydrogen) atoms. The maximum Gasteiger partial charge on any atom is 0.222 e. The number of nitrogens with one attached hydrogen (secondary N) is 1. The van der Waals surface area contributed by atoms with E-state index in [4.69, 9.17) is 4.74 Å². The van der Waals surface area contributed by atoms with Crippen molar-refractivity contribution in [2.45, 2.75) is 50.6 Å². The molecule has 3 aromatic rings. The van der Waals surface area contributed by atoms with Crippen LogP contribution in [-0.2, 0) is 16.8 Å². The number of hydrogen-bond donors (Lipinski definition) is 2. The zero-order chi connectivity index (χ0) is 23.7. The van der Waals surface area contributed by atoms with Crippen LogP contribution in [0.4, 0.5) is 0 Å². The molecule has 0 aliphatic carbocycles. The average molecular weight is 463 g/mol. The summed E-state index contributed by atoms with van der Waals surface area (Å²) >= 11 is 0. The van der Waals surface area contributed by atoms with Gasteiger partial charge in [0.05, 0.1) is 19.8 Å². The summed E-state index contributed by atoms with van der Waals surface area (Å²) in [5.74, 6) is 1.07. The number of aromatic amines is 1. The zero-order valence-electron chi connectivity index (χ0n) is 20.1. The van der Waals surface area contributed by atoms with Gasteiger partial charge in [-0.05, 0) is 48.6 Å². The van der Waals surface area contributed by atoms with E-state index in [1.54, 1.807) is 13.3 Å². The molecule has 2 N–H and O–H groups in total. The maximum atomic E-state index is 12.6. The molecule has 2 aliphatic heterocycles. The summed E-state index contributed by atoms with van der Waals surface area (Å²) in [6.45, 7) is 5.19. The fourth-order valence-corrected chi connectivity index (χ4v) is 5.97. The number of aliphatic hydroxyl groups is 1. The van der Waals surface area contributed by atoms with Crippen molar-refractivity contribution in [3.8, 4) is 5.75 Å². The van der Waals surface area contributed by atoms with Crippen molar-refractivity contribution < 1.29 is 14.6 Å². The third-order valence-electron chi connectivity index (χ3n) is 7.66. The lowest BCUT2D eigenvalue weighted by Crippen LogP contribution is -2.54. The molecule has 1 amide bonds.